The Morgan fingerprint density at radius 1 is 0.933 bits per heavy atom. The van der Waals surface area contributed by atoms with E-state index >= 15 is 0 Å². The van der Waals surface area contributed by atoms with Gasteiger partial charge in [-0.3, -0.25) is 19.3 Å². The van der Waals surface area contributed by atoms with Crippen LogP contribution in [-0.2, 0) is 14.4 Å². The average molecular weight is 409 g/mol. The maximum Gasteiger partial charge on any atom is 0.278 e. The topological polar surface area (TPSA) is 97.0 Å². The van der Waals surface area contributed by atoms with Crippen LogP contribution in [0.4, 0.5) is 11.4 Å². The fraction of sp³-hybridized carbons (Fsp3) is 0.227. The Balaban J connectivity index is 2.02. The minimum absolute atomic E-state index is 0.177. The van der Waals surface area contributed by atoms with Crippen molar-refractivity contribution in [1.82, 2.24) is 4.90 Å². The summed E-state index contributed by atoms with van der Waals surface area (Å²) >= 11 is 0. The van der Waals surface area contributed by atoms with Gasteiger partial charge in [0.15, 0.2) is 11.5 Å². The van der Waals surface area contributed by atoms with Crippen molar-refractivity contribution in [3.05, 3.63) is 53.7 Å². The number of ether oxygens (including phenoxy) is 2. The summed E-state index contributed by atoms with van der Waals surface area (Å²) in [5.74, 6) is 0.0142. The molecule has 0 aliphatic carbocycles. The van der Waals surface area contributed by atoms with Gasteiger partial charge >= 0.3 is 0 Å². The van der Waals surface area contributed by atoms with Gasteiger partial charge in [-0.1, -0.05) is 6.07 Å². The zero-order chi connectivity index (χ0) is 21.8. The second-order valence-electron chi connectivity index (χ2n) is 6.56. The monoisotopic (exact) mass is 409 g/mol. The van der Waals surface area contributed by atoms with Gasteiger partial charge in [0.25, 0.3) is 11.8 Å². The van der Waals surface area contributed by atoms with E-state index in [1.807, 2.05) is 0 Å². The fourth-order valence-corrected chi connectivity index (χ4v) is 3.22. The highest BCUT2D eigenvalue weighted by Crippen LogP contribution is 2.35. The molecule has 1 heterocycles. The molecule has 2 N–H and O–H groups in total. The SMILES string of the molecule is CCN1C(=O)C(Nc2ccc(NC(C)=O)cc2)=C(c2ccc(OC)c(OC)c2)C1=O. The molecule has 3 amide bonds. The van der Waals surface area contributed by atoms with Crippen molar-refractivity contribution in [2.24, 2.45) is 0 Å². The Bertz CT molecular complexity index is 1030. The summed E-state index contributed by atoms with van der Waals surface area (Å²) in [6.07, 6.45) is 0. The van der Waals surface area contributed by atoms with Crippen LogP contribution in [0.2, 0.25) is 0 Å². The van der Waals surface area contributed by atoms with E-state index in [2.05, 4.69) is 10.6 Å². The second kappa shape index (κ2) is 8.69. The number of imide groups is 1. The highest BCUT2D eigenvalue weighted by molar-refractivity contribution is 6.36. The maximum atomic E-state index is 13.0. The van der Waals surface area contributed by atoms with Crippen LogP contribution in [0, 0.1) is 0 Å². The van der Waals surface area contributed by atoms with Gasteiger partial charge in [0, 0.05) is 24.8 Å². The first kappa shape index (κ1) is 20.9. The van der Waals surface area contributed by atoms with Crippen LogP contribution in [0.25, 0.3) is 5.57 Å². The molecular weight excluding hydrogens is 386 g/mol. The smallest absolute Gasteiger partial charge is 0.278 e. The molecule has 0 bridgehead atoms. The molecule has 0 fully saturated rings. The highest BCUT2D eigenvalue weighted by Gasteiger charge is 2.38. The summed E-state index contributed by atoms with van der Waals surface area (Å²) in [5.41, 5.74) is 2.22. The Morgan fingerprint density at radius 3 is 2.13 bits per heavy atom. The molecule has 3 rings (SSSR count). The van der Waals surface area contributed by atoms with Crippen molar-refractivity contribution in [3.63, 3.8) is 0 Å². The van der Waals surface area contributed by atoms with Gasteiger partial charge in [0.2, 0.25) is 5.91 Å². The molecular formula is C22H23N3O5. The summed E-state index contributed by atoms with van der Waals surface area (Å²) in [6.45, 7) is 3.42. The molecule has 2 aromatic carbocycles. The third-order valence-corrected chi connectivity index (χ3v) is 4.63. The fourth-order valence-electron chi connectivity index (χ4n) is 3.22. The minimum atomic E-state index is -0.404. The van der Waals surface area contributed by atoms with E-state index in [9.17, 15) is 14.4 Å². The molecule has 0 saturated carbocycles. The lowest BCUT2D eigenvalue weighted by molar-refractivity contribution is -0.136. The minimum Gasteiger partial charge on any atom is -0.493 e. The van der Waals surface area contributed by atoms with Crippen LogP contribution in [0.15, 0.2) is 48.2 Å². The zero-order valence-electron chi connectivity index (χ0n) is 17.2. The first-order valence-electron chi connectivity index (χ1n) is 9.37. The molecule has 156 valence electrons. The van der Waals surface area contributed by atoms with Crippen molar-refractivity contribution >= 4 is 34.7 Å². The Hall–Kier alpha value is -3.81. The van der Waals surface area contributed by atoms with E-state index in [1.54, 1.807) is 49.4 Å². The third kappa shape index (κ3) is 3.98. The van der Waals surface area contributed by atoms with Crippen LogP contribution >= 0.6 is 0 Å². The molecule has 2 aromatic rings. The van der Waals surface area contributed by atoms with Crippen LogP contribution in [0.5, 0.6) is 11.5 Å². The Labute approximate surface area is 174 Å². The van der Waals surface area contributed by atoms with E-state index in [0.717, 1.165) is 0 Å². The quantitative estimate of drug-likeness (QED) is 0.683. The highest BCUT2D eigenvalue weighted by atomic mass is 16.5. The number of carbonyl (C=O) groups is 3. The number of carbonyl (C=O) groups excluding carboxylic acids is 3. The van der Waals surface area contributed by atoms with Gasteiger partial charge in [0.05, 0.1) is 19.8 Å². The van der Waals surface area contributed by atoms with Crippen molar-refractivity contribution < 1.29 is 23.9 Å². The summed E-state index contributed by atoms with van der Waals surface area (Å²) in [4.78, 5) is 38.2. The molecule has 0 spiro atoms. The number of anilines is 2. The molecule has 0 aromatic heterocycles. The van der Waals surface area contributed by atoms with E-state index in [4.69, 9.17) is 9.47 Å². The van der Waals surface area contributed by atoms with Crippen LogP contribution < -0.4 is 20.1 Å². The third-order valence-electron chi connectivity index (χ3n) is 4.63. The van der Waals surface area contributed by atoms with Crippen molar-refractivity contribution in [3.8, 4) is 11.5 Å². The number of rotatable bonds is 7. The number of hydrogen-bond donors (Lipinski definition) is 2. The van der Waals surface area contributed by atoms with E-state index in [0.29, 0.717) is 28.4 Å². The predicted octanol–water partition coefficient (Wildman–Crippen LogP) is 2.87. The molecule has 8 heteroatoms. The van der Waals surface area contributed by atoms with Crippen LogP contribution in [0.3, 0.4) is 0 Å². The Morgan fingerprint density at radius 2 is 1.57 bits per heavy atom. The van der Waals surface area contributed by atoms with Crippen molar-refractivity contribution in [1.29, 1.82) is 0 Å². The second-order valence-corrected chi connectivity index (χ2v) is 6.56. The van der Waals surface area contributed by atoms with Gasteiger partial charge < -0.3 is 20.1 Å². The van der Waals surface area contributed by atoms with Crippen molar-refractivity contribution in [2.75, 3.05) is 31.4 Å². The molecule has 0 radical (unpaired) electrons. The number of likely N-dealkylation sites (N-methyl/N-ethyl adjacent to an activating group) is 1. The van der Waals surface area contributed by atoms with E-state index in [1.165, 1.54) is 26.0 Å². The summed E-state index contributed by atoms with van der Waals surface area (Å²) in [6, 6.07) is 11.9. The largest absolute Gasteiger partial charge is 0.493 e. The van der Waals surface area contributed by atoms with Gasteiger partial charge in [0.1, 0.15) is 5.70 Å². The van der Waals surface area contributed by atoms with E-state index in [-0.39, 0.29) is 29.6 Å². The summed E-state index contributed by atoms with van der Waals surface area (Å²) in [5, 5.41) is 5.75. The Kier molecular flexibility index (Phi) is 6.06. The van der Waals surface area contributed by atoms with Crippen LogP contribution in [-0.4, -0.2) is 43.4 Å². The zero-order valence-corrected chi connectivity index (χ0v) is 17.2. The summed E-state index contributed by atoms with van der Waals surface area (Å²) in [7, 11) is 3.03. The molecule has 8 nitrogen and oxygen atoms in total. The number of amides is 3. The van der Waals surface area contributed by atoms with Crippen molar-refractivity contribution in [2.45, 2.75) is 13.8 Å². The van der Waals surface area contributed by atoms with E-state index < -0.39 is 5.91 Å². The molecule has 1 aliphatic rings. The molecule has 30 heavy (non-hydrogen) atoms. The lowest BCUT2D eigenvalue weighted by Crippen LogP contribution is -2.32. The van der Waals surface area contributed by atoms with Gasteiger partial charge in [-0.05, 0) is 48.9 Å². The number of hydrogen-bond acceptors (Lipinski definition) is 6. The number of nitrogens with one attached hydrogen (secondary N) is 2. The average Bonchev–Trinajstić information content (AvgIpc) is 2.97. The van der Waals surface area contributed by atoms with Crippen LogP contribution in [0.1, 0.15) is 19.4 Å². The number of benzene rings is 2. The first-order chi connectivity index (χ1) is 14.4. The number of nitrogens with zero attached hydrogens (tertiary/aromatic N) is 1. The summed E-state index contributed by atoms with van der Waals surface area (Å²) < 4.78 is 10.6. The predicted molar refractivity (Wildman–Crippen MR) is 113 cm³/mol. The van der Waals surface area contributed by atoms with Gasteiger partial charge in [-0.15, -0.1) is 0 Å². The van der Waals surface area contributed by atoms with Gasteiger partial charge in [-0.2, -0.15) is 0 Å². The molecule has 0 saturated heterocycles. The number of methoxy groups -OCH3 is 2. The lowest BCUT2D eigenvalue weighted by Gasteiger charge is -2.12. The normalized spacial score (nSPS) is 13.5. The lowest BCUT2D eigenvalue weighted by atomic mass is 10.0. The molecule has 0 unspecified atom stereocenters. The molecule has 0 atom stereocenters. The van der Waals surface area contributed by atoms with Gasteiger partial charge in [-0.25, -0.2) is 0 Å². The maximum absolute atomic E-state index is 13.0. The molecule has 1 aliphatic heterocycles. The standard InChI is InChI=1S/C22H23N3O5/c1-5-25-21(27)19(14-6-11-17(29-3)18(12-14)30-4)20(22(25)28)24-16-9-7-15(8-10-16)23-13(2)26/h6-12,24H,5H2,1-4H3,(H,23,26). The first-order valence-corrected chi connectivity index (χ1v) is 9.37.